The molecule has 1 aliphatic heterocycles. The standard InChI is InChI=1S/C20H18N6O3/c21-12-15-4-6-16(7-5-15)18-3-1-2-17(22-18)13-24-8-9-25-14-19(26(27)28)23-20(25)29-11-10-24/h1-7,14H,8-11,13H2. The highest BCUT2D eigenvalue weighted by Crippen LogP contribution is 2.21. The number of hydrogen-bond donors (Lipinski definition) is 0. The Morgan fingerprint density at radius 2 is 1.97 bits per heavy atom. The molecule has 29 heavy (non-hydrogen) atoms. The molecule has 0 saturated heterocycles. The fourth-order valence-corrected chi connectivity index (χ4v) is 3.21. The second kappa shape index (κ2) is 8.08. The van der Waals surface area contributed by atoms with Gasteiger partial charge >= 0.3 is 11.8 Å². The predicted molar refractivity (Wildman–Crippen MR) is 104 cm³/mol. The maximum Gasteiger partial charge on any atom is 0.414 e. The summed E-state index contributed by atoms with van der Waals surface area (Å²) in [6, 6.07) is 15.6. The number of fused-ring (bicyclic) bond motifs is 1. The first-order chi connectivity index (χ1) is 14.1. The molecule has 2 aromatic heterocycles. The van der Waals surface area contributed by atoms with Gasteiger partial charge in [0.15, 0.2) is 0 Å². The first kappa shape index (κ1) is 18.6. The fourth-order valence-electron chi connectivity index (χ4n) is 3.21. The summed E-state index contributed by atoms with van der Waals surface area (Å²) in [6.07, 6.45) is 1.41. The number of aromatic nitrogens is 3. The predicted octanol–water partition coefficient (Wildman–Crippen LogP) is 2.62. The van der Waals surface area contributed by atoms with Crippen LogP contribution in [0.3, 0.4) is 0 Å². The van der Waals surface area contributed by atoms with E-state index in [1.165, 1.54) is 6.20 Å². The number of pyridine rings is 1. The Hall–Kier alpha value is -3.77. The molecule has 1 aromatic carbocycles. The van der Waals surface area contributed by atoms with Gasteiger partial charge in [-0.05, 0) is 29.2 Å². The number of imidazole rings is 1. The summed E-state index contributed by atoms with van der Waals surface area (Å²) >= 11 is 0. The van der Waals surface area contributed by atoms with E-state index in [4.69, 9.17) is 15.0 Å². The Kier molecular flexibility index (Phi) is 5.18. The van der Waals surface area contributed by atoms with E-state index < -0.39 is 4.92 Å². The summed E-state index contributed by atoms with van der Waals surface area (Å²) in [5, 5.41) is 19.9. The van der Waals surface area contributed by atoms with Gasteiger partial charge in [0.1, 0.15) is 12.8 Å². The van der Waals surface area contributed by atoms with E-state index in [0.717, 1.165) is 17.0 Å². The molecule has 0 atom stereocenters. The van der Waals surface area contributed by atoms with Crippen molar-refractivity contribution in [2.24, 2.45) is 0 Å². The summed E-state index contributed by atoms with van der Waals surface area (Å²) < 4.78 is 7.27. The smallest absolute Gasteiger partial charge is 0.414 e. The molecule has 3 heterocycles. The average molecular weight is 390 g/mol. The molecule has 146 valence electrons. The summed E-state index contributed by atoms with van der Waals surface area (Å²) in [6.45, 7) is 2.95. The summed E-state index contributed by atoms with van der Waals surface area (Å²) in [4.78, 5) is 21.3. The van der Waals surface area contributed by atoms with E-state index in [0.29, 0.717) is 38.3 Å². The monoisotopic (exact) mass is 390 g/mol. The molecule has 0 saturated carbocycles. The summed E-state index contributed by atoms with van der Waals surface area (Å²) in [7, 11) is 0. The molecule has 0 N–H and O–H groups in total. The maximum atomic E-state index is 10.9. The first-order valence-corrected chi connectivity index (χ1v) is 9.15. The average Bonchev–Trinajstić information content (AvgIpc) is 3.13. The van der Waals surface area contributed by atoms with Crippen molar-refractivity contribution in [1.29, 1.82) is 5.26 Å². The largest absolute Gasteiger partial charge is 0.444 e. The van der Waals surface area contributed by atoms with Gasteiger partial charge in [0.2, 0.25) is 0 Å². The number of ether oxygens (including phenoxy) is 1. The minimum Gasteiger partial charge on any atom is -0.444 e. The number of nitrogens with zero attached hydrogens (tertiary/aromatic N) is 6. The van der Waals surface area contributed by atoms with Gasteiger partial charge in [-0.15, -0.1) is 0 Å². The van der Waals surface area contributed by atoms with Crippen LogP contribution in [0.5, 0.6) is 6.01 Å². The van der Waals surface area contributed by atoms with Crippen LogP contribution in [0.25, 0.3) is 11.3 Å². The lowest BCUT2D eigenvalue weighted by molar-refractivity contribution is -0.389. The van der Waals surface area contributed by atoms with Crippen LogP contribution in [0.2, 0.25) is 0 Å². The van der Waals surface area contributed by atoms with Crippen molar-refractivity contribution in [2.75, 3.05) is 19.7 Å². The van der Waals surface area contributed by atoms with Gasteiger partial charge in [0, 0.05) is 36.7 Å². The molecule has 0 fully saturated rings. The van der Waals surface area contributed by atoms with Crippen LogP contribution in [-0.4, -0.2) is 44.1 Å². The molecule has 0 bridgehead atoms. The van der Waals surface area contributed by atoms with E-state index in [2.05, 4.69) is 16.0 Å². The molecule has 0 radical (unpaired) electrons. The molecular weight excluding hydrogens is 372 g/mol. The van der Waals surface area contributed by atoms with Crippen LogP contribution in [-0.2, 0) is 13.1 Å². The number of nitriles is 1. The van der Waals surface area contributed by atoms with Crippen molar-refractivity contribution in [1.82, 2.24) is 19.4 Å². The molecular formula is C20H18N6O3. The molecule has 9 heteroatoms. The van der Waals surface area contributed by atoms with Gasteiger partial charge in [-0.3, -0.25) is 14.5 Å². The zero-order valence-electron chi connectivity index (χ0n) is 15.6. The van der Waals surface area contributed by atoms with Crippen molar-refractivity contribution in [3.05, 3.63) is 70.0 Å². The Labute approximate surface area is 167 Å². The van der Waals surface area contributed by atoms with Crippen LogP contribution in [0.4, 0.5) is 5.82 Å². The van der Waals surface area contributed by atoms with Crippen molar-refractivity contribution < 1.29 is 9.66 Å². The van der Waals surface area contributed by atoms with Crippen molar-refractivity contribution in [3.8, 4) is 23.3 Å². The lowest BCUT2D eigenvalue weighted by Gasteiger charge is -2.24. The third-order valence-corrected chi connectivity index (χ3v) is 4.71. The van der Waals surface area contributed by atoms with Crippen molar-refractivity contribution >= 4 is 5.82 Å². The fraction of sp³-hybridized carbons (Fsp3) is 0.250. The molecule has 3 aromatic rings. The Morgan fingerprint density at radius 3 is 2.72 bits per heavy atom. The van der Waals surface area contributed by atoms with Gasteiger partial charge in [-0.25, -0.2) is 0 Å². The van der Waals surface area contributed by atoms with Gasteiger partial charge < -0.3 is 14.9 Å². The first-order valence-electron chi connectivity index (χ1n) is 9.15. The number of rotatable bonds is 4. The topological polar surface area (TPSA) is 110 Å². The molecule has 1 aliphatic rings. The van der Waals surface area contributed by atoms with Crippen molar-refractivity contribution in [2.45, 2.75) is 13.1 Å². The molecule has 4 rings (SSSR count). The summed E-state index contributed by atoms with van der Waals surface area (Å²) in [5.41, 5.74) is 3.34. The summed E-state index contributed by atoms with van der Waals surface area (Å²) in [5.74, 6) is -0.203. The minimum absolute atomic E-state index is 0.203. The van der Waals surface area contributed by atoms with Gasteiger partial charge in [0.25, 0.3) is 0 Å². The van der Waals surface area contributed by atoms with Gasteiger partial charge in [-0.1, -0.05) is 18.2 Å². The van der Waals surface area contributed by atoms with E-state index in [1.807, 2.05) is 30.3 Å². The van der Waals surface area contributed by atoms with Gasteiger partial charge in [0.05, 0.1) is 23.0 Å². The van der Waals surface area contributed by atoms with E-state index >= 15 is 0 Å². The molecule has 0 spiro atoms. The van der Waals surface area contributed by atoms with Crippen LogP contribution in [0, 0.1) is 21.4 Å². The Balaban J connectivity index is 1.46. The van der Waals surface area contributed by atoms with E-state index in [-0.39, 0.29) is 11.8 Å². The lowest BCUT2D eigenvalue weighted by atomic mass is 10.1. The molecule has 0 aliphatic carbocycles. The second-order valence-electron chi connectivity index (χ2n) is 6.66. The zero-order chi connectivity index (χ0) is 20.2. The van der Waals surface area contributed by atoms with Crippen LogP contribution in [0.1, 0.15) is 11.3 Å². The van der Waals surface area contributed by atoms with Crippen LogP contribution in [0.15, 0.2) is 48.7 Å². The third-order valence-electron chi connectivity index (χ3n) is 4.71. The number of nitro groups is 1. The minimum atomic E-state index is -0.516. The Bertz CT molecular complexity index is 1070. The highest BCUT2D eigenvalue weighted by atomic mass is 16.6. The second-order valence-corrected chi connectivity index (χ2v) is 6.66. The van der Waals surface area contributed by atoms with Gasteiger partial charge in [-0.2, -0.15) is 5.26 Å². The maximum absolute atomic E-state index is 10.9. The lowest BCUT2D eigenvalue weighted by Crippen LogP contribution is -2.33. The zero-order valence-corrected chi connectivity index (χ0v) is 15.6. The molecule has 0 unspecified atom stereocenters. The molecule has 9 nitrogen and oxygen atoms in total. The highest BCUT2D eigenvalue weighted by molar-refractivity contribution is 5.60. The Morgan fingerprint density at radius 1 is 1.14 bits per heavy atom. The number of benzene rings is 1. The highest BCUT2D eigenvalue weighted by Gasteiger charge is 2.23. The van der Waals surface area contributed by atoms with E-state index in [1.54, 1.807) is 16.7 Å². The quantitative estimate of drug-likeness (QED) is 0.497. The van der Waals surface area contributed by atoms with Crippen LogP contribution < -0.4 is 4.74 Å². The third kappa shape index (κ3) is 4.23. The normalized spacial score (nSPS) is 14.2. The molecule has 0 amide bonds. The van der Waals surface area contributed by atoms with E-state index in [9.17, 15) is 10.1 Å². The SMILES string of the molecule is N#Cc1ccc(-c2cccc(CN3CCOc4nc([N+](=O)[O-])cn4CC3)n2)cc1. The van der Waals surface area contributed by atoms with Crippen molar-refractivity contribution in [3.63, 3.8) is 0 Å². The number of hydrogen-bond acceptors (Lipinski definition) is 7. The van der Waals surface area contributed by atoms with Crippen LogP contribution >= 0.6 is 0 Å².